The van der Waals surface area contributed by atoms with Crippen molar-refractivity contribution in [3.05, 3.63) is 107 Å². The Hall–Kier alpha value is -4.52. The van der Waals surface area contributed by atoms with Crippen molar-refractivity contribution in [3.8, 4) is 11.5 Å². The Kier molecular flexibility index (Phi) is 9.24. The minimum absolute atomic E-state index is 0.111. The van der Waals surface area contributed by atoms with Crippen LogP contribution >= 0.6 is 22.7 Å². The molecule has 0 bridgehead atoms. The number of ether oxygens (including phenoxy) is 3. The predicted molar refractivity (Wildman–Crippen MR) is 174 cm³/mol. The van der Waals surface area contributed by atoms with E-state index in [0.717, 1.165) is 10.4 Å². The van der Waals surface area contributed by atoms with Crippen LogP contribution in [0.5, 0.6) is 11.5 Å². The van der Waals surface area contributed by atoms with Gasteiger partial charge in [-0.3, -0.25) is 19.0 Å². The van der Waals surface area contributed by atoms with Gasteiger partial charge in [0.15, 0.2) is 22.9 Å². The molecule has 0 unspecified atom stereocenters. The number of carbonyl (C=O) groups is 2. The molecule has 0 spiro atoms. The van der Waals surface area contributed by atoms with Gasteiger partial charge in [0.2, 0.25) is 0 Å². The molecule has 232 valence electrons. The molecule has 4 aromatic rings. The van der Waals surface area contributed by atoms with Gasteiger partial charge in [-0.15, -0.1) is 11.3 Å². The molecule has 2 aliphatic heterocycles. The smallest absolute Gasteiger partial charge is 0.271 e. The van der Waals surface area contributed by atoms with E-state index in [4.69, 9.17) is 19.2 Å². The van der Waals surface area contributed by atoms with E-state index < -0.39 is 6.04 Å². The lowest BCUT2D eigenvalue weighted by Gasteiger charge is -2.26. The van der Waals surface area contributed by atoms with Gasteiger partial charge in [0.05, 0.1) is 35.6 Å². The van der Waals surface area contributed by atoms with Crippen LogP contribution in [0.1, 0.15) is 30.3 Å². The van der Waals surface area contributed by atoms with Crippen LogP contribution in [-0.4, -0.2) is 60.8 Å². The minimum atomic E-state index is -0.620. The van der Waals surface area contributed by atoms with Gasteiger partial charge < -0.3 is 24.4 Å². The van der Waals surface area contributed by atoms with Gasteiger partial charge in [0.1, 0.15) is 6.04 Å². The molecule has 0 saturated carbocycles. The average Bonchev–Trinajstić information content (AvgIpc) is 3.69. The second kappa shape index (κ2) is 13.6. The maximum absolute atomic E-state index is 14.0. The molecule has 6 rings (SSSR count). The van der Waals surface area contributed by atoms with Crippen LogP contribution in [0.2, 0.25) is 0 Å². The third-order valence-electron chi connectivity index (χ3n) is 7.39. The molecule has 2 aromatic heterocycles. The lowest BCUT2D eigenvalue weighted by Crippen LogP contribution is -2.43. The Morgan fingerprint density at radius 1 is 1.07 bits per heavy atom. The largest absolute Gasteiger partial charge is 0.490 e. The fraction of sp³-hybridized carbons (Fsp3) is 0.273. The van der Waals surface area contributed by atoms with Crippen molar-refractivity contribution in [2.75, 3.05) is 44.8 Å². The molecular formula is C33H32N4O6S2. The zero-order chi connectivity index (χ0) is 31.3. The molecule has 45 heavy (non-hydrogen) atoms. The van der Waals surface area contributed by atoms with E-state index >= 15 is 0 Å². The Bertz CT molecular complexity index is 1910. The van der Waals surface area contributed by atoms with Gasteiger partial charge in [-0.25, -0.2) is 4.99 Å². The molecule has 1 fully saturated rings. The fourth-order valence-corrected chi connectivity index (χ4v) is 7.11. The first-order valence-corrected chi connectivity index (χ1v) is 16.3. The van der Waals surface area contributed by atoms with Crippen LogP contribution < -0.4 is 29.7 Å². The summed E-state index contributed by atoms with van der Waals surface area (Å²) in [6, 6.07) is 17.8. The molecule has 2 amide bonds. The van der Waals surface area contributed by atoms with Gasteiger partial charge in [-0.05, 0) is 61.2 Å². The zero-order valence-corrected chi connectivity index (χ0v) is 26.5. The van der Waals surface area contributed by atoms with Gasteiger partial charge in [0, 0.05) is 23.7 Å². The third-order valence-corrected chi connectivity index (χ3v) is 9.30. The number of nitrogens with one attached hydrogen (secondary N) is 1. The Labute approximate surface area is 267 Å². The standard InChI is InChI=1S/C33H32N4O6S2/c1-3-42-25-18-22(11-12-24(25)43-20-28(38)36-13-15-41-16-14-36)19-27-32(40)37-30(26-10-7-17-44-26)29(21(2)34-33(37)45-27)31(39)35-23-8-5-4-6-9-23/h4-12,17-19,30H,3,13-16,20H2,1-2H3,(H,35,39)/b27-19+/t30-/m0/s1. The van der Waals surface area contributed by atoms with Crippen molar-refractivity contribution in [3.63, 3.8) is 0 Å². The number of morpholine rings is 1. The lowest BCUT2D eigenvalue weighted by atomic mass is 10.0. The average molecular weight is 645 g/mol. The number of nitrogens with zero attached hydrogens (tertiary/aromatic N) is 3. The van der Waals surface area contributed by atoms with E-state index in [-0.39, 0.29) is 24.0 Å². The number of thiophene rings is 1. The van der Waals surface area contributed by atoms with Crippen LogP contribution in [0.15, 0.2) is 87.1 Å². The normalized spacial score (nSPS) is 16.6. The number of benzene rings is 2. The number of rotatable bonds is 9. The van der Waals surface area contributed by atoms with E-state index in [9.17, 15) is 14.4 Å². The molecule has 0 aliphatic carbocycles. The molecule has 10 nitrogen and oxygen atoms in total. The summed E-state index contributed by atoms with van der Waals surface area (Å²) >= 11 is 2.75. The van der Waals surface area contributed by atoms with E-state index in [1.54, 1.807) is 34.6 Å². The number of hydrogen-bond acceptors (Lipinski definition) is 9. The molecule has 1 saturated heterocycles. The number of carbonyl (C=O) groups excluding carboxylic acids is 2. The summed E-state index contributed by atoms with van der Waals surface area (Å²) in [4.78, 5) is 48.0. The number of anilines is 1. The van der Waals surface area contributed by atoms with Gasteiger partial charge >= 0.3 is 0 Å². The van der Waals surface area contributed by atoms with E-state index in [1.807, 2.05) is 60.8 Å². The van der Waals surface area contributed by atoms with Gasteiger partial charge in [-0.1, -0.05) is 41.7 Å². The Balaban J connectivity index is 1.32. The fourth-order valence-electron chi connectivity index (χ4n) is 5.24. The highest BCUT2D eigenvalue weighted by atomic mass is 32.1. The number of hydrogen-bond donors (Lipinski definition) is 1. The summed E-state index contributed by atoms with van der Waals surface area (Å²) in [7, 11) is 0. The highest BCUT2D eigenvalue weighted by Gasteiger charge is 2.33. The molecule has 2 aromatic carbocycles. The van der Waals surface area contributed by atoms with Crippen LogP contribution in [0.3, 0.4) is 0 Å². The second-order valence-corrected chi connectivity index (χ2v) is 12.3. The first kappa shape index (κ1) is 30.5. The second-order valence-electron chi connectivity index (χ2n) is 10.3. The van der Waals surface area contributed by atoms with Crippen molar-refractivity contribution >= 4 is 46.3 Å². The first-order chi connectivity index (χ1) is 21.9. The van der Waals surface area contributed by atoms with E-state index in [0.29, 0.717) is 70.7 Å². The Morgan fingerprint density at radius 2 is 1.87 bits per heavy atom. The monoisotopic (exact) mass is 644 g/mol. The number of thiazole rings is 1. The molecule has 2 aliphatic rings. The van der Waals surface area contributed by atoms with Crippen LogP contribution in [0.25, 0.3) is 6.08 Å². The maximum Gasteiger partial charge on any atom is 0.271 e. The summed E-state index contributed by atoms with van der Waals surface area (Å²) in [5.74, 6) is 0.498. The SMILES string of the molecule is CCOc1cc(/C=c2/sc3n(c2=O)[C@@H](c2cccs2)C(C(=O)Nc2ccccc2)=C(C)N=3)ccc1OCC(=O)N1CCOCC1. The van der Waals surface area contributed by atoms with Crippen molar-refractivity contribution in [2.45, 2.75) is 19.9 Å². The topological polar surface area (TPSA) is 111 Å². The summed E-state index contributed by atoms with van der Waals surface area (Å²) < 4.78 is 19.1. The molecule has 1 atom stereocenters. The van der Waals surface area contributed by atoms with E-state index in [2.05, 4.69) is 5.32 Å². The molecule has 12 heteroatoms. The number of fused-ring (bicyclic) bond motifs is 1. The van der Waals surface area contributed by atoms with Crippen molar-refractivity contribution in [1.29, 1.82) is 0 Å². The molecule has 1 N–H and O–H groups in total. The zero-order valence-electron chi connectivity index (χ0n) is 24.9. The molecule has 4 heterocycles. The summed E-state index contributed by atoms with van der Waals surface area (Å²) in [5, 5.41) is 4.89. The van der Waals surface area contributed by atoms with Gasteiger partial charge in [0.25, 0.3) is 17.4 Å². The third kappa shape index (κ3) is 6.63. The van der Waals surface area contributed by atoms with Crippen LogP contribution in [0.4, 0.5) is 5.69 Å². The van der Waals surface area contributed by atoms with Crippen LogP contribution in [0, 0.1) is 0 Å². The number of para-hydroxylation sites is 1. The lowest BCUT2D eigenvalue weighted by molar-refractivity contribution is -0.137. The highest BCUT2D eigenvalue weighted by Crippen LogP contribution is 2.33. The van der Waals surface area contributed by atoms with Gasteiger partial charge in [-0.2, -0.15) is 0 Å². The summed E-state index contributed by atoms with van der Waals surface area (Å²) in [5.41, 5.74) is 2.12. The number of amides is 2. The Morgan fingerprint density at radius 3 is 2.60 bits per heavy atom. The predicted octanol–water partition coefficient (Wildman–Crippen LogP) is 3.57. The minimum Gasteiger partial charge on any atom is -0.490 e. The molecule has 0 radical (unpaired) electrons. The maximum atomic E-state index is 14.0. The first-order valence-electron chi connectivity index (χ1n) is 14.6. The van der Waals surface area contributed by atoms with Crippen molar-refractivity contribution in [2.24, 2.45) is 4.99 Å². The van der Waals surface area contributed by atoms with Crippen LogP contribution in [-0.2, 0) is 14.3 Å². The summed E-state index contributed by atoms with van der Waals surface area (Å²) in [6.45, 7) is 6.08. The number of allylic oxidation sites excluding steroid dienone is 1. The highest BCUT2D eigenvalue weighted by molar-refractivity contribution is 7.10. The summed E-state index contributed by atoms with van der Waals surface area (Å²) in [6.07, 6.45) is 1.78. The molecular weight excluding hydrogens is 613 g/mol. The quantitative estimate of drug-likeness (QED) is 0.298. The number of aromatic nitrogens is 1. The van der Waals surface area contributed by atoms with E-state index in [1.165, 1.54) is 22.7 Å². The van der Waals surface area contributed by atoms with Crippen molar-refractivity contribution in [1.82, 2.24) is 9.47 Å². The van der Waals surface area contributed by atoms with Crippen molar-refractivity contribution < 1.29 is 23.8 Å².